The summed E-state index contributed by atoms with van der Waals surface area (Å²) in [4.78, 5) is 34.4. The Labute approximate surface area is 176 Å². The molecule has 3 aliphatic rings. The van der Waals surface area contributed by atoms with Crippen molar-refractivity contribution in [1.29, 1.82) is 0 Å². The Bertz CT molecular complexity index is 970. The Morgan fingerprint density at radius 3 is 2.80 bits per heavy atom. The third-order valence-electron chi connectivity index (χ3n) is 7.19. The number of fused-ring (bicyclic) bond motifs is 1. The number of hydrogen-bond donors (Lipinski definition) is 1. The number of imidazole rings is 1. The first kappa shape index (κ1) is 19.5. The summed E-state index contributed by atoms with van der Waals surface area (Å²) in [5, 5.41) is 10.4. The average Bonchev–Trinajstić information content (AvgIpc) is 3.45. The molecule has 0 aromatic carbocycles. The molecule has 3 fully saturated rings. The van der Waals surface area contributed by atoms with E-state index in [4.69, 9.17) is 0 Å². The standard InChI is InChI=1S/C23H30N4O3/c1-16-3-2-8-27-18(13-24-21(16)27)11-20(29)25-9-6-23(7-10-25)12-19(28)15-26(22(23)30)14-17-4-5-17/h2-3,8,13,17,19,28H,4-7,9-12,14-15H2,1H3. The van der Waals surface area contributed by atoms with E-state index in [9.17, 15) is 14.7 Å². The van der Waals surface area contributed by atoms with Crippen molar-refractivity contribution in [3.05, 3.63) is 35.8 Å². The SMILES string of the molecule is Cc1cccn2c(CC(=O)N3CCC4(CC3)CC(O)CN(CC3CC3)C4=O)cnc12. The minimum atomic E-state index is -0.496. The smallest absolute Gasteiger partial charge is 0.229 e. The number of aromatic nitrogens is 2. The van der Waals surface area contributed by atoms with Crippen LogP contribution in [-0.2, 0) is 16.0 Å². The Kier molecular flexibility index (Phi) is 4.81. The number of pyridine rings is 1. The minimum Gasteiger partial charge on any atom is -0.391 e. The van der Waals surface area contributed by atoms with E-state index in [-0.39, 0.29) is 11.8 Å². The Morgan fingerprint density at radius 2 is 2.07 bits per heavy atom. The number of aryl methyl sites for hydroxylation is 1. The van der Waals surface area contributed by atoms with E-state index in [1.165, 1.54) is 12.8 Å². The summed E-state index contributed by atoms with van der Waals surface area (Å²) in [6, 6.07) is 3.98. The topological polar surface area (TPSA) is 78.2 Å². The third-order valence-corrected chi connectivity index (χ3v) is 7.19. The molecule has 4 heterocycles. The number of β-amino-alcohol motifs (C(OH)–C–C–N with tert-alkyl or cyclic N) is 1. The number of carbonyl (C=O) groups excluding carboxylic acids is 2. The summed E-state index contributed by atoms with van der Waals surface area (Å²) in [6.07, 6.45) is 7.77. The molecule has 1 N–H and O–H groups in total. The molecule has 7 heteroatoms. The quantitative estimate of drug-likeness (QED) is 0.834. The number of aliphatic hydroxyl groups excluding tert-OH is 1. The summed E-state index contributed by atoms with van der Waals surface area (Å²) in [5.74, 6) is 0.892. The van der Waals surface area contributed by atoms with Gasteiger partial charge in [-0.3, -0.25) is 9.59 Å². The maximum atomic E-state index is 13.2. The summed E-state index contributed by atoms with van der Waals surface area (Å²) in [7, 11) is 0. The Hall–Kier alpha value is -2.41. The van der Waals surface area contributed by atoms with Crippen LogP contribution in [0.25, 0.3) is 5.65 Å². The number of rotatable bonds is 4. The lowest BCUT2D eigenvalue weighted by atomic mass is 9.70. The first-order valence-corrected chi connectivity index (χ1v) is 11.1. The van der Waals surface area contributed by atoms with Crippen LogP contribution in [0.5, 0.6) is 0 Å². The fourth-order valence-corrected chi connectivity index (χ4v) is 5.25. The number of carbonyl (C=O) groups is 2. The van der Waals surface area contributed by atoms with Crippen LogP contribution in [-0.4, -0.2) is 68.4 Å². The molecule has 2 saturated heterocycles. The van der Waals surface area contributed by atoms with Gasteiger partial charge in [0.1, 0.15) is 5.65 Å². The van der Waals surface area contributed by atoms with E-state index in [1.807, 2.05) is 39.5 Å². The lowest BCUT2D eigenvalue weighted by Crippen LogP contribution is -2.58. The zero-order valence-corrected chi connectivity index (χ0v) is 17.6. The fourth-order valence-electron chi connectivity index (χ4n) is 5.25. The van der Waals surface area contributed by atoms with Crippen LogP contribution in [0.3, 0.4) is 0 Å². The van der Waals surface area contributed by atoms with Gasteiger partial charge in [0, 0.05) is 38.6 Å². The maximum Gasteiger partial charge on any atom is 0.229 e. The minimum absolute atomic E-state index is 0.0757. The molecule has 1 aliphatic carbocycles. The molecule has 0 bridgehead atoms. The first-order valence-electron chi connectivity index (χ1n) is 11.1. The van der Waals surface area contributed by atoms with Gasteiger partial charge < -0.3 is 19.3 Å². The summed E-state index contributed by atoms with van der Waals surface area (Å²) in [6.45, 7) is 4.41. The van der Waals surface area contributed by atoms with Gasteiger partial charge in [-0.2, -0.15) is 0 Å². The molecule has 5 rings (SSSR count). The van der Waals surface area contributed by atoms with Gasteiger partial charge in [0.15, 0.2) is 0 Å². The second-order valence-electron chi connectivity index (χ2n) is 9.48. The van der Waals surface area contributed by atoms with Crippen LogP contribution in [0.2, 0.25) is 0 Å². The summed E-state index contributed by atoms with van der Waals surface area (Å²) >= 11 is 0. The zero-order chi connectivity index (χ0) is 20.9. The van der Waals surface area contributed by atoms with Crippen LogP contribution >= 0.6 is 0 Å². The van der Waals surface area contributed by atoms with Crippen molar-refractivity contribution in [2.24, 2.45) is 11.3 Å². The maximum absolute atomic E-state index is 13.2. The van der Waals surface area contributed by atoms with Gasteiger partial charge in [-0.05, 0) is 56.6 Å². The lowest BCUT2D eigenvalue weighted by Gasteiger charge is -2.48. The number of likely N-dealkylation sites (tertiary alicyclic amines) is 2. The van der Waals surface area contributed by atoms with Gasteiger partial charge in [-0.25, -0.2) is 4.98 Å². The van der Waals surface area contributed by atoms with Gasteiger partial charge >= 0.3 is 0 Å². The second-order valence-corrected chi connectivity index (χ2v) is 9.48. The highest BCUT2D eigenvalue weighted by atomic mass is 16.3. The van der Waals surface area contributed by atoms with E-state index in [0.29, 0.717) is 51.2 Å². The van der Waals surface area contributed by atoms with Gasteiger partial charge in [0.05, 0.1) is 23.6 Å². The van der Waals surface area contributed by atoms with Gasteiger partial charge in [-0.1, -0.05) is 6.07 Å². The Morgan fingerprint density at radius 1 is 1.30 bits per heavy atom. The molecule has 7 nitrogen and oxygen atoms in total. The van der Waals surface area contributed by atoms with Crippen LogP contribution in [0, 0.1) is 18.3 Å². The monoisotopic (exact) mass is 410 g/mol. The molecule has 2 aliphatic heterocycles. The van der Waals surface area contributed by atoms with Crippen molar-refractivity contribution in [3.63, 3.8) is 0 Å². The zero-order valence-electron chi connectivity index (χ0n) is 17.6. The van der Waals surface area contributed by atoms with E-state index in [2.05, 4.69) is 4.98 Å². The molecule has 0 radical (unpaired) electrons. The van der Waals surface area contributed by atoms with Crippen LogP contribution in [0.4, 0.5) is 0 Å². The fraction of sp³-hybridized carbons (Fsp3) is 0.609. The first-order chi connectivity index (χ1) is 14.4. The molecule has 160 valence electrons. The number of nitrogens with zero attached hydrogens (tertiary/aromatic N) is 4. The van der Waals surface area contributed by atoms with Gasteiger partial charge in [-0.15, -0.1) is 0 Å². The highest BCUT2D eigenvalue weighted by Gasteiger charge is 2.49. The molecule has 30 heavy (non-hydrogen) atoms. The second kappa shape index (κ2) is 7.38. The number of piperidine rings is 2. The largest absolute Gasteiger partial charge is 0.391 e. The molecule has 1 atom stereocenters. The van der Waals surface area contributed by atoms with Crippen LogP contribution in [0.15, 0.2) is 24.5 Å². The van der Waals surface area contributed by atoms with Gasteiger partial charge in [0.2, 0.25) is 11.8 Å². The molecule has 2 amide bonds. The van der Waals surface area contributed by atoms with E-state index in [0.717, 1.165) is 23.4 Å². The van der Waals surface area contributed by atoms with Crippen molar-refractivity contribution in [2.45, 2.75) is 51.6 Å². The van der Waals surface area contributed by atoms with Crippen molar-refractivity contribution in [3.8, 4) is 0 Å². The molecule has 2 aromatic heterocycles. The molecule has 2 aromatic rings. The predicted octanol–water partition coefficient (Wildman–Crippen LogP) is 1.80. The van der Waals surface area contributed by atoms with Crippen molar-refractivity contribution < 1.29 is 14.7 Å². The van der Waals surface area contributed by atoms with Crippen molar-refractivity contribution in [1.82, 2.24) is 19.2 Å². The highest BCUT2D eigenvalue weighted by Crippen LogP contribution is 2.42. The van der Waals surface area contributed by atoms with Crippen molar-refractivity contribution in [2.75, 3.05) is 26.2 Å². The number of hydrogen-bond acceptors (Lipinski definition) is 4. The normalized spacial score (nSPS) is 24.1. The van der Waals surface area contributed by atoms with E-state index < -0.39 is 11.5 Å². The van der Waals surface area contributed by atoms with Crippen LogP contribution < -0.4 is 0 Å². The lowest BCUT2D eigenvalue weighted by molar-refractivity contribution is -0.158. The predicted molar refractivity (Wildman–Crippen MR) is 112 cm³/mol. The summed E-state index contributed by atoms with van der Waals surface area (Å²) < 4.78 is 1.98. The molecule has 1 spiro atoms. The average molecular weight is 411 g/mol. The molecular formula is C23H30N4O3. The highest BCUT2D eigenvalue weighted by molar-refractivity contribution is 5.85. The molecule has 1 unspecified atom stereocenters. The van der Waals surface area contributed by atoms with E-state index >= 15 is 0 Å². The van der Waals surface area contributed by atoms with E-state index in [1.54, 1.807) is 6.20 Å². The number of amides is 2. The van der Waals surface area contributed by atoms with Crippen molar-refractivity contribution >= 4 is 17.5 Å². The summed E-state index contributed by atoms with van der Waals surface area (Å²) in [5.41, 5.74) is 2.36. The van der Waals surface area contributed by atoms with Crippen LogP contribution in [0.1, 0.15) is 43.4 Å². The molecular weight excluding hydrogens is 380 g/mol. The third kappa shape index (κ3) is 3.49. The Balaban J connectivity index is 1.25. The van der Waals surface area contributed by atoms with Gasteiger partial charge in [0.25, 0.3) is 0 Å². The number of aliphatic hydroxyl groups is 1. The molecule has 1 saturated carbocycles.